The Hall–Kier alpha value is -2.90. The number of hydrogen-bond acceptors (Lipinski definition) is 5. The van der Waals surface area contributed by atoms with Crippen LogP contribution in [-0.2, 0) is 19.1 Å². The average molecular weight is 401 g/mol. The summed E-state index contributed by atoms with van der Waals surface area (Å²) in [6.45, 7) is 4.77. The van der Waals surface area contributed by atoms with E-state index in [9.17, 15) is 19.2 Å². The maximum absolute atomic E-state index is 12.8. The molecule has 0 bridgehead atoms. The van der Waals surface area contributed by atoms with Crippen LogP contribution in [0.15, 0.2) is 18.2 Å². The number of urea groups is 1. The van der Waals surface area contributed by atoms with E-state index in [0.717, 1.165) is 35.3 Å². The lowest BCUT2D eigenvalue weighted by Crippen LogP contribution is -2.54. The number of esters is 1. The zero-order valence-corrected chi connectivity index (χ0v) is 17.0. The van der Waals surface area contributed by atoms with E-state index >= 15 is 0 Å². The highest BCUT2D eigenvalue weighted by Crippen LogP contribution is 2.38. The van der Waals surface area contributed by atoms with Gasteiger partial charge in [-0.25, -0.2) is 4.79 Å². The summed E-state index contributed by atoms with van der Waals surface area (Å²) in [5, 5.41) is 5.46. The standard InChI is InChI=1S/C21H27N3O5/c1-13-7-8-16(14(2)10-13)22-17(25)12-29-18(26)11-24-19(27)21(23-20(24)28)9-5-4-6-15(21)3/h7-8,10,15H,4-6,9,11-12H2,1-3H3,(H,22,25)(H,23,28)/t15-,21+/m0/s1. The molecule has 1 aliphatic carbocycles. The van der Waals surface area contributed by atoms with Crippen LogP contribution >= 0.6 is 0 Å². The molecule has 2 fully saturated rings. The molecule has 8 heteroatoms. The summed E-state index contributed by atoms with van der Waals surface area (Å²) in [6.07, 6.45) is 3.29. The minimum Gasteiger partial charge on any atom is -0.454 e. The zero-order chi connectivity index (χ0) is 21.2. The van der Waals surface area contributed by atoms with Gasteiger partial charge in [-0.3, -0.25) is 19.3 Å². The summed E-state index contributed by atoms with van der Waals surface area (Å²) in [5.41, 5.74) is 1.69. The van der Waals surface area contributed by atoms with Gasteiger partial charge in [-0.05, 0) is 44.2 Å². The minimum atomic E-state index is -0.921. The van der Waals surface area contributed by atoms with Crippen LogP contribution in [0, 0.1) is 19.8 Å². The molecule has 4 amide bonds. The normalized spacial score (nSPS) is 23.8. The second-order valence-corrected chi connectivity index (χ2v) is 7.97. The first-order valence-electron chi connectivity index (χ1n) is 9.90. The molecule has 1 saturated carbocycles. The predicted molar refractivity (Wildman–Crippen MR) is 106 cm³/mol. The summed E-state index contributed by atoms with van der Waals surface area (Å²) in [4.78, 5) is 50.2. The van der Waals surface area contributed by atoms with Gasteiger partial charge in [0.1, 0.15) is 12.1 Å². The quantitative estimate of drug-likeness (QED) is 0.582. The van der Waals surface area contributed by atoms with E-state index < -0.39 is 36.6 Å². The molecule has 2 aliphatic rings. The fraction of sp³-hybridized carbons (Fsp3) is 0.524. The number of imide groups is 1. The van der Waals surface area contributed by atoms with Crippen LogP contribution in [0.1, 0.15) is 43.7 Å². The fourth-order valence-electron chi connectivity index (χ4n) is 4.10. The molecular formula is C21H27N3O5. The first-order valence-corrected chi connectivity index (χ1v) is 9.90. The van der Waals surface area contributed by atoms with Crippen molar-refractivity contribution < 1.29 is 23.9 Å². The third kappa shape index (κ3) is 4.26. The molecular weight excluding hydrogens is 374 g/mol. The van der Waals surface area contributed by atoms with Crippen molar-refractivity contribution in [1.82, 2.24) is 10.2 Å². The monoisotopic (exact) mass is 401 g/mol. The van der Waals surface area contributed by atoms with E-state index in [1.807, 2.05) is 32.9 Å². The summed E-state index contributed by atoms with van der Waals surface area (Å²) < 4.78 is 4.98. The highest BCUT2D eigenvalue weighted by molar-refractivity contribution is 6.09. The molecule has 0 radical (unpaired) electrons. The van der Waals surface area contributed by atoms with E-state index in [1.165, 1.54) is 0 Å². The van der Waals surface area contributed by atoms with E-state index in [0.29, 0.717) is 12.1 Å². The van der Waals surface area contributed by atoms with Crippen molar-refractivity contribution in [2.75, 3.05) is 18.5 Å². The Morgan fingerprint density at radius 1 is 1.28 bits per heavy atom. The van der Waals surface area contributed by atoms with Crippen molar-refractivity contribution in [3.8, 4) is 0 Å². The van der Waals surface area contributed by atoms with Gasteiger partial charge in [0, 0.05) is 5.69 Å². The summed E-state index contributed by atoms with van der Waals surface area (Å²) in [5.74, 6) is -1.66. The zero-order valence-electron chi connectivity index (χ0n) is 17.0. The highest BCUT2D eigenvalue weighted by atomic mass is 16.5. The van der Waals surface area contributed by atoms with Crippen LogP contribution in [0.5, 0.6) is 0 Å². The van der Waals surface area contributed by atoms with Gasteiger partial charge in [0.25, 0.3) is 11.8 Å². The topological polar surface area (TPSA) is 105 Å². The Morgan fingerprint density at radius 2 is 2.03 bits per heavy atom. The second-order valence-electron chi connectivity index (χ2n) is 7.97. The van der Waals surface area contributed by atoms with Crippen molar-refractivity contribution in [2.24, 2.45) is 5.92 Å². The van der Waals surface area contributed by atoms with Crippen molar-refractivity contribution in [3.05, 3.63) is 29.3 Å². The molecule has 3 rings (SSSR count). The van der Waals surface area contributed by atoms with E-state index in [4.69, 9.17) is 4.74 Å². The maximum atomic E-state index is 12.8. The van der Waals surface area contributed by atoms with Crippen LogP contribution < -0.4 is 10.6 Å². The number of nitrogens with zero attached hydrogens (tertiary/aromatic N) is 1. The lowest BCUT2D eigenvalue weighted by Gasteiger charge is -2.36. The van der Waals surface area contributed by atoms with Crippen molar-refractivity contribution in [1.29, 1.82) is 0 Å². The number of carbonyl (C=O) groups excluding carboxylic acids is 4. The van der Waals surface area contributed by atoms with E-state index in [2.05, 4.69) is 10.6 Å². The Morgan fingerprint density at radius 3 is 2.72 bits per heavy atom. The summed E-state index contributed by atoms with van der Waals surface area (Å²) in [7, 11) is 0. The van der Waals surface area contributed by atoms with Crippen molar-refractivity contribution in [2.45, 2.75) is 52.0 Å². The Kier molecular flexibility index (Phi) is 5.91. The van der Waals surface area contributed by atoms with Gasteiger partial charge >= 0.3 is 12.0 Å². The molecule has 1 aromatic rings. The molecule has 0 unspecified atom stereocenters. The van der Waals surface area contributed by atoms with Crippen molar-refractivity contribution >= 4 is 29.5 Å². The van der Waals surface area contributed by atoms with Gasteiger partial charge in [0.2, 0.25) is 0 Å². The first kappa shape index (κ1) is 20.8. The number of rotatable bonds is 5. The average Bonchev–Trinajstić information content (AvgIpc) is 2.90. The maximum Gasteiger partial charge on any atom is 0.326 e. The number of ether oxygens (including phenoxy) is 1. The van der Waals surface area contributed by atoms with Gasteiger partial charge in [-0.2, -0.15) is 0 Å². The number of benzene rings is 1. The largest absolute Gasteiger partial charge is 0.454 e. The Bertz CT molecular complexity index is 853. The summed E-state index contributed by atoms with van der Waals surface area (Å²) in [6, 6.07) is 5.00. The molecule has 1 saturated heterocycles. The smallest absolute Gasteiger partial charge is 0.326 e. The van der Waals surface area contributed by atoms with Crippen molar-refractivity contribution in [3.63, 3.8) is 0 Å². The SMILES string of the molecule is Cc1ccc(NC(=O)COC(=O)CN2C(=O)N[C@@]3(CCCC[C@@H]3C)C2=O)c(C)c1. The molecule has 1 heterocycles. The molecule has 1 aliphatic heterocycles. The number of amides is 4. The van der Waals surface area contributed by atoms with Gasteiger partial charge in [0.05, 0.1) is 0 Å². The predicted octanol–water partition coefficient (Wildman–Crippen LogP) is 2.29. The number of nitrogens with one attached hydrogen (secondary N) is 2. The van der Waals surface area contributed by atoms with E-state index in [1.54, 1.807) is 6.07 Å². The van der Waals surface area contributed by atoms with Crippen LogP contribution in [0.4, 0.5) is 10.5 Å². The van der Waals surface area contributed by atoms with E-state index in [-0.39, 0.29) is 11.8 Å². The molecule has 2 atom stereocenters. The van der Waals surface area contributed by atoms with Crippen LogP contribution in [-0.4, -0.2) is 47.4 Å². The molecule has 1 spiro atoms. The van der Waals surface area contributed by atoms with Crippen LogP contribution in [0.2, 0.25) is 0 Å². The lowest BCUT2D eigenvalue weighted by molar-refractivity contribution is -0.150. The molecule has 1 aromatic carbocycles. The molecule has 29 heavy (non-hydrogen) atoms. The summed E-state index contributed by atoms with van der Waals surface area (Å²) >= 11 is 0. The number of carbonyl (C=O) groups is 4. The van der Waals surface area contributed by atoms with Gasteiger partial charge in [-0.1, -0.05) is 37.5 Å². The number of anilines is 1. The molecule has 2 N–H and O–H groups in total. The number of hydrogen-bond donors (Lipinski definition) is 2. The van der Waals surface area contributed by atoms with Crippen LogP contribution in [0.25, 0.3) is 0 Å². The Balaban J connectivity index is 1.53. The van der Waals surface area contributed by atoms with Crippen LogP contribution in [0.3, 0.4) is 0 Å². The lowest BCUT2D eigenvalue weighted by atomic mass is 9.73. The third-order valence-corrected chi connectivity index (χ3v) is 5.81. The molecule has 156 valence electrons. The van der Waals surface area contributed by atoms with Gasteiger partial charge < -0.3 is 15.4 Å². The number of aryl methyl sites for hydroxylation is 2. The second kappa shape index (κ2) is 8.23. The van der Waals surface area contributed by atoms with Gasteiger partial charge in [-0.15, -0.1) is 0 Å². The molecule has 0 aromatic heterocycles. The molecule has 8 nitrogen and oxygen atoms in total. The fourth-order valence-corrected chi connectivity index (χ4v) is 4.10. The Labute approximate surface area is 170 Å². The first-order chi connectivity index (χ1) is 13.7. The minimum absolute atomic E-state index is 0.0113. The van der Waals surface area contributed by atoms with Gasteiger partial charge in [0.15, 0.2) is 6.61 Å². The third-order valence-electron chi connectivity index (χ3n) is 5.81. The highest BCUT2D eigenvalue weighted by Gasteiger charge is 2.55.